The van der Waals surface area contributed by atoms with Crippen molar-refractivity contribution in [2.45, 2.75) is 44.9 Å². The summed E-state index contributed by atoms with van der Waals surface area (Å²) in [5.41, 5.74) is 1.35. The number of alkyl halides is 1. The number of Topliss-reactive ketones (excluding diaryl/α,β-unsaturated/α-hetero) is 1. The van der Waals surface area contributed by atoms with E-state index >= 15 is 0 Å². The number of ketones is 1. The van der Waals surface area contributed by atoms with E-state index in [2.05, 4.69) is 20.1 Å². The van der Waals surface area contributed by atoms with Crippen LogP contribution in [0.25, 0.3) is 0 Å². The van der Waals surface area contributed by atoms with Crippen molar-refractivity contribution < 1.29 is 18.4 Å². The molecule has 11 heteroatoms. The summed E-state index contributed by atoms with van der Waals surface area (Å²) in [6.07, 6.45) is 2.52. The van der Waals surface area contributed by atoms with E-state index in [1.54, 1.807) is 30.1 Å². The minimum absolute atomic E-state index is 0.0472. The highest BCUT2D eigenvalue weighted by atomic mass is 19.1. The molecule has 2 aliphatic rings. The highest BCUT2D eigenvalue weighted by Crippen LogP contribution is 2.27. The third kappa shape index (κ3) is 5.20. The number of hydrogen-bond acceptors (Lipinski definition) is 6. The number of carbonyl (C=O) groups excluding carboxylic acids is 2. The van der Waals surface area contributed by atoms with Gasteiger partial charge >= 0.3 is 0 Å². The Balaban J connectivity index is 1.15. The Morgan fingerprint density at radius 1 is 1.19 bits per heavy atom. The van der Waals surface area contributed by atoms with Crippen molar-refractivity contribution in [3.05, 3.63) is 59.6 Å². The van der Waals surface area contributed by atoms with Crippen LogP contribution >= 0.6 is 0 Å². The molecule has 36 heavy (non-hydrogen) atoms. The molecule has 0 spiro atoms. The summed E-state index contributed by atoms with van der Waals surface area (Å²) >= 11 is 0. The maximum Gasteiger partial charge on any atom is 0.231 e. The van der Waals surface area contributed by atoms with Crippen molar-refractivity contribution in [2.24, 2.45) is 5.92 Å². The summed E-state index contributed by atoms with van der Waals surface area (Å²) in [5, 5.41) is 8.85. The number of aromatic nitrogens is 5. The third-order valence-corrected chi connectivity index (χ3v) is 6.91. The predicted molar refractivity (Wildman–Crippen MR) is 128 cm³/mol. The summed E-state index contributed by atoms with van der Waals surface area (Å²) in [6.45, 7) is 2.47. The molecule has 1 aromatic carbocycles. The van der Waals surface area contributed by atoms with Crippen LogP contribution in [-0.4, -0.2) is 74.0 Å². The number of fused-ring (bicyclic) bond motifs is 1. The smallest absolute Gasteiger partial charge is 0.231 e. The van der Waals surface area contributed by atoms with E-state index in [9.17, 15) is 18.4 Å². The molecule has 0 unspecified atom stereocenters. The zero-order chi connectivity index (χ0) is 25.2. The second-order valence-corrected chi connectivity index (χ2v) is 9.53. The lowest BCUT2D eigenvalue weighted by Crippen LogP contribution is -2.48. The Bertz CT molecular complexity index is 1250. The first-order valence-electron chi connectivity index (χ1n) is 12.2. The lowest BCUT2D eigenvalue weighted by atomic mass is 9.96. The molecule has 1 saturated heterocycles. The first-order chi connectivity index (χ1) is 17.4. The number of carbonyl (C=O) groups is 2. The number of halogens is 2. The van der Waals surface area contributed by atoms with Gasteiger partial charge in [-0.3, -0.25) is 19.4 Å². The molecule has 1 fully saturated rings. The summed E-state index contributed by atoms with van der Waals surface area (Å²) in [6, 6.07) is 8.31. The van der Waals surface area contributed by atoms with Gasteiger partial charge in [-0.05, 0) is 18.9 Å². The quantitative estimate of drug-likeness (QED) is 0.422. The molecule has 9 nitrogen and oxygen atoms in total. The minimum atomic E-state index is -0.721. The zero-order valence-electron chi connectivity index (χ0n) is 20.2. The molecular weight excluding hydrogens is 468 g/mol. The van der Waals surface area contributed by atoms with Crippen molar-refractivity contribution in [2.75, 3.05) is 31.6 Å². The van der Waals surface area contributed by atoms with Crippen LogP contribution in [0.2, 0.25) is 0 Å². The average molecular weight is 498 g/mol. The molecule has 0 aliphatic carbocycles. The molecule has 2 aromatic heterocycles. The molecular formula is C25H29F2N7O2. The Morgan fingerprint density at radius 3 is 2.78 bits per heavy atom. The second kappa shape index (κ2) is 10.3. The van der Waals surface area contributed by atoms with Gasteiger partial charge in [0.25, 0.3) is 0 Å². The van der Waals surface area contributed by atoms with Crippen LogP contribution in [0.4, 0.5) is 14.6 Å². The van der Waals surface area contributed by atoms with Gasteiger partial charge < -0.3 is 0 Å². The van der Waals surface area contributed by atoms with Crippen LogP contribution in [0.1, 0.15) is 41.1 Å². The normalized spacial score (nSPS) is 18.7. The Morgan fingerprint density at radius 2 is 2.00 bits per heavy atom. The molecule has 3 aromatic rings. The fraction of sp³-hybridized carbons (Fsp3) is 0.480. The molecule has 0 radical (unpaired) electrons. The summed E-state index contributed by atoms with van der Waals surface area (Å²) in [4.78, 5) is 33.6. The van der Waals surface area contributed by atoms with E-state index in [0.29, 0.717) is 44.5 Å². The van der Waals surface area contributed by atoms with Gasteiger partial charge in [0.05, 0.1) is 12.2 Å². The van der Waals surface area contributed by atoms with Crippen LogP contribution in [0, 0.1) is 11.7 Å². The van der Waals surface area contributed by atoms with Gasteiger partial charge in [-0.2, -0.15) is 5.10 Å². The van der Waals surface area contributed by atoms with Crippen LogP contribution in [0.3, 0.4) is 0 Å². The maximum atomic E-state index is 13.9. The molecule has 190 valence electrons. The van der Waals surface area contributed by atoms with Gasteiger partial charge in [0, 0.05) is 63.6 Å². The SMILES string of the molecule is CN1C(=O)[C@@H](CCC(=O)c2ncn(Cc3ccccc3F)n2)CCn2nc(CCN3CC(F)C3)cc21. The Labute approximate surface area is 207 Å². The van der Waals surface area contributed by atoms with Crippen LogP contribution in [0.5, 0.6) is 0 Å². The number of likely N-dealkylation sites (tertiary alicyclic amines) is 1. The first kappa shape index (κ1) is 24.2. The van der Waals surface area contributed by atoms with E-state index in [1.807, 2.05) is 10.7 Å². The van der Waals surface area contributed by atoms with Crippen LogP contribution < -0.4 is 4.90 Å². The molecule has 5 rings (SSSR count). The van der Waals surface area contributed by atoms with Gasteiger partial charge in [-0.25, -0.2) is 23.1 Å². The number of amides is 1. The number of benzene rings is 1. The lowest BCUT2D eigenvalue weighted by Gasteiger charge is -2.33. The van der Waals surface area contributed by atoms with Crippen molar-refractivity contribution in [1.82, 2.24) is 29.4 Å². The fourth-order valence-corrected chi connectivity index (χ4v) is 4.75. The Hall–Kier alpha value is -3.47. The highest BCUT2D eigenvalue weighted by molar-refractivity contribution is 5.96. The van der Waals surface area contributed by atoms with Gasteiger partial charge in [0.2, 0.25) is 17.5 Å². The van der Waals surface area contributed by atoms with E-state index in [4.69, 9.17) is 0 Å². The number of hydrogen-bond donors (Lipinski definition) is 0. The van der Waals surface area contributed by atoms with E-state index < -0.39 is 6.17 Å². The van der Waals surface area contributed by atoms with Crippen molar-refractivity contribution >= 4 is 17.5 Å². The monoisotopic (exact) mass is 497 g/mol. The number of nitrogens with zero attached hydrogens (tertiary/aromatic N) is 7. The van der Waals surface area contributed by atoms with Crippen molar-refractivity contribution in [3.8, 4) is 0 Å². The topological polar surface area (TPSA) is 89.2 Å². The summed E-state index contributed by atoms with van der Waals surface area (Å²) in [5.74, 6) is -0.135. The highest BCUT2D eigenvalue weighted by Gasteiger charge is 2.31. The number of rotatable bonds is 9. The standard InChI is InChI=1S/C25H29F2N7O2/c1-31-23-12-20(9-10-32-14-19(26)15-32)29-34(23)11-8-17(25(31)36)6-7-22(35)24-28-16-33(30-24)13-18-4-2-3-5-21(18)27/h2-5,12,16-17,19H,6-11,13-15H2,1H3/t17-/m0/s1. The zero-order valence-corrected chi connectivity index (χ0v) is 20.2. The molecule has 0 bridgehead atoms. The maximum absolute atomic E-state index is 13.9. The van der Waals surface area contributed by atoms with Gasteiger partial charge in [0.1, 0.15) is 24.1 Å². The first-order valence-corrected chi connectivity index (χ1v) is 12.2. The van der Waals surface area contributed by atoms with Gasteiger partial charge in [-0.1, -0.05) is 18.2 Å². The molecule has 0 saturated carbocycles. The van der Waals surface area contributed by atoms with Crippen LogP contribution in [-0.2, 0) is 24.3 Å². The van der Waals surface area contributed by atoms with Gasteiger partial charge in [-0.15, -0.1) is 5.10 Å². The molecule has 1 atom stereocenters. The fourth-order valence-electron chi connectivity index (χ4n) is 4.75. The third-order valence-electron chi connectivity index (χ3n) is 6.91. The molecule has 4 heterocycles. The molecule has 2 aliphatic heterocycles. The molecule has 1 amide bonds. The minimum Gasteiger partial charge on any atom is -0.300 e. The van der Waals surface area contributed by atoms with Crippen molar-refractivity contribution in [3.63, 3.8) is 0 Å². The van der Waals surface area contributed by atoms with E-state index in [1.165, 1.54) is 17.1 Å². The summed E-state index contributed by atoms with van der Waals surface area (Å²) in [7, 11) is 1.73. The number of anilines is 1. The lowest BCUT2D eigenvalue weighted by molar-refractivity contribution is -0.122. The second-order valence-electron chi connectivity index (χ2n) is 9.53. The summed E-state index contributed by atoms with van der Waals surface area (Å²) < 4.78 is 30.2. The molecule has 0 N–H and O–H groups in total. The van der Waals surface area contributed by atoms with E-state index in [0.717, 1.165) is 18.1 Å². The number of aryl methyl sites for hydroxylation is 1. The Kier molecular flexibility index (Phi) is 6.90. The predicted octanol–water partition coefficient (Wildman–Crippen LogP) is 2.50. The van der Waals surface area contributed by atoms with Crippen molar-refractivity contribution in [1.29, 1.82) is 0 Å². The van der Waals surface area contributed by atoms with Gasteiger partial charge in [0.15, 0.2) is 0 Å². The van der Waals surface area contributed by atoms with Crippen LogP contribution in [0.15, 0.2) is 36.7 Å². The largest absolute Gasteiger partial charge is 0.300 e. The average Bonchev–Trinajstić information content (AvgIpc) is 3.46. The van der Waals surface area contributed by atoms with E-state index in [-0.39, 0.29) is 42.2 Å².